The largest absolute Gasteiger partial charge is 0.455 e. The van der Waals surface area contributed by atoms with Crippen LogP contribution in [-0.2, 0) is 0 Å². The lowest BCUT2D eigenvalue weighted by molar-refractivity contribution is 0.0974. The Labute approximate surface area is 130 Å². The van der Waals surface area contributed by atoms with Gasteiger partial charge in [0.1, 0.15) is 11.3 Å². The van der Waals surface area contributed by atoms with Crippen molar-refractivity contribution < 1.29 is 9.21 Å². The first kappa shape index (κ1) is 14.5. The fraction of sp³-hybridized carbons (Fsp3) is 0.211. The van der Waals surface area contributed by atoms with Gasteiger partial charge in [-0.05, 0) is 20.2 Å². The van der Waals surface area contributed by atoms with Gasteiger partial charge in [0.05, 0.1) is 5.56 Å². The van der Waals surface area contributed by atoms with Gasteiger partial charge in [-0.2, -0.15) is 0 Å². The fourth-order valence-electron chi connectivity index (χ4n) is 2.57. The molecule has 0 spiro atoms. The zero-order chi connectivity index (χ0) is 15.5. The number of para-hydroxylation sites is 1. The van der Waals surface area contributed by atoms with Crippen LogP contribution in [0, 0.1) is 0 Å². The highest BCUT2D eigenvalue weighted by Gasteiger charge is 2.21. The minimum absolute atomic E-state index is 0.123. The van der Waals surface area contributed by atoms with Crippen LogP contribution in [0.25, 0.3) is 22.3 Å². The number of carbonyl (C=O) groups excluding carboxylic acids is 1. The van der Waals surface area contributed by atoms with E-state index in [2.05, 4.69) is 0 Å². The van der Waals surface area contributed by atoms with Gasteiger partial charge in [0, 0.05) is 23.9 Å². The summed E-state index contributed by atoms with van der Waals surface area (Å²) in [4.78, 5) is 14.7. The van der Waals surface area contributed by atoms with E-state index in [0.29, 0.717) is 17.7 Å². The Hall–Kier alpha value is -2.39. The minimum atomic E-state index is 0.123. The fourth-order valence-corrected chi connectivity index (χ4v) is 2.57. The average Bonchev–Trinajstić information content (AvgIpc) is 2.93. The third kappa shape index (κ3) is 2.81. The van der Waals surface area contributed by atoms with Crippen molar-refractivity contribution >= 4 is 16.8 Å². The number of furan rings is 1. The molecule has 1 aromatic heterocycles. The SMILES string of the molecule is CN(C)CCC(=O)c1c(-c2ccccc2)oc2ccccc12. The van der Waals surface area contributed by atoms with Crippen LogP contribution in [0.3, 0.4) is 0 Å². The van der Waals surface area contributed by atoms with Gasteiger partial charge in [-0.25, -0.2) is 0 Å². The summed E-state index contributed by atoms with van der Waals surface area (Å²) in [7, 11) is 3.94. The number of ketones is 1. The van der Waals surface area contributed by atoms with Crippen molar-refractivity contribution in [1.82, 2.24) is 4.90 Å². The number of carbonyl (C=O) groups is 1. The Morgan fingerprint density at radius 1 is 1.00 bits per heavy atom. The molecule has 0 aliphatic heterocycles. The Balaban J connectivity index is 2.11. The van der Waals surface area contributed by atoms with E-state index < -0.39 is 0 Å². The second kappa shape index (κ2) is 6.16. The molecule has 2 aromatic carbocycles. The minimum Gasteiger partial charge on any atom is -0.455 e. The van der Waals surface area contributed by atoms with E-state index in [1.54, 1.807) is 0 Å². The first-order valence-corrected chi connectivity index (χ1v) is 7.41. The average molecular weight is 293 g/mol. The van der Waals surface area contributed by atoms with Gasteiger partial charge >= 0.3 is 0 Å². The molecule has 0 radical (unpaired) electrons. The Morgan fingerprint density at radius 3 is 2.41 bits per heavy atom. The van der Waals surface area contributed by atoms with Crippen LogP contribution in [0.4, 0.5) is 0 Å². The van der Waals surface area contributed by atoms with E-state index >= 15 is 0 Å². The summed E-state index contributed by atoms with van der Waals surface area (Å²) < 4.78 is 5.98. The lowest BCUT2D eigenvalue weighted by Gasteiger charge is -2.08. The van der Waals surface area contributed by atoms with Crippen LogP contribution < -0.4 is 0 Å². The molecule has 0 fully saturated rings. The van der Waals surface area contributed by atoms with Crippen molar-refractivity contribution in [3.05, 3.63) is 60.2 Å². The van der Waals surface area contributed by atoms with E-state index in [0.717, 1.165) is 23.1 Å². The van der Waals surface area contributed by atoms with Crippen molar-refractivity contribution in [3.8, 4) is 11.3 Å². The third-order valence-corrected chi connectivity index (χ3v) is 3.70. The molecule has 112 valence electrons. The molecule has 0 aliphatic carbocycles. The lowest BCUT2D eigenvalue weighted by atomic mass is 10.0. The predicted octanol–water partition coefficient (Wildman–Crippen LogP) is 4.23. The number of hydrogen-bond donors (Lipinski definition) is 0. The monoisotopic (exact) mass is 293 g/mol. The van der Waals surface area contributed by atoms with Gasteiger partial charge < -0.3 is 9.32 Å². The molecule has 0 saturated heterocycles. The Kier molecular flexibility index (Phi) is 4.07. The summed E-state index contributed by atoms with van der Waals surface area (Å²) in [5.41, 5.74) is 2.39. The summed E-state index contributed by atoms with van der Waals surface area (Å²) in [6.07, 6.45) is 0.483. The van der Waals surface area contributed by atoms with E-state index in [1.807, 2.05) is 73.6 Å². The molecular weight excluding hydrogens is 274 g/mol. The molecule has 0 atom stereocenters. The highest BCUT2D eigenvalue weighted by atomic mass is 16.3. The molecular formula is C19H19NO2. The summed E-state index contributed by atoms with van der Waals surface area (Å²) >= 11 is 0. The topological polar surface area (TPSA) is 33.5 Å². The van der Waals surface area contributed by atoms with Crippen molar-refractivity contribution in [3.63, 3.8) is 0 Å². The summed E-state index contributed by atoms with van der Waals surface area (Å²) in [6.45, 7) is 0.729. The van der Waals surface area contributed by atoms with Gasteiger partial charge in [0.15, 0.2) is 5.78 Å². The maximum absolute atomic E-state index is 12.7. The maximum Gasteiger partial charge on any atom is 0.168 e. The quantitative estimate of drug-likeness (QED) is 0.660. The Morgan fingerprint density at radius 2 is 1.68 bits per heavy atom. The van der Waals surface area contributed by atoms with Crippen LogP contribution in [-0.4, -0.2) is 31.3 Å². The normalized spacial score (nSPS) is 11.2. The number of hydrogen-bond acceptors (Lipinski definition) is 3. The molecule has 0 aliphatic rings. The second-order valence-corrected chi connectivity index (χ2v) is 5.64. The highest BCUT2D eigenvalue weighted by Crippen LogP contribution is 2.34. The lowest BCUT2D eigenvalue weighted by Crippen LogP contribution is -2.16. The van der Waals surface area contributed by atoms with Crippen LogP contribution >= 0.6 is 0 Å². The van der Waals surface area contributed by atoms with Crippen molar-refractivity contribution in [2.75, 3.05) is 20.6 Å². The molecule has 0 bridgehead atoms. The molecule has 0 N–H and O–H groups in total. The standard InChI is InChI=1S/C19H19NO2/c1-20(2)13-12-16(21)18-15-10-6-7-11-17(15)22-19(18)14-8-4-3-5-9-14/h3-11H,12-13H2,1-2H3. The molecule has 1 heterocycles. The number of rotatable bonds is 5. The molecule has 0 amide bonds. The Bertz CT molecular complexity index is 788. The second-order valence-electron chi connectivity index (χ2n) is 5.64. The van der Waals surface area contributed by atoms with Crippen molar-refractivity contribution in [1.29, 1.82) is 0 Å². The smallest absolute Gasteiger partial charge is 0.168 e. The zero-order valence-electron chi connectivity index (χ0n) is 12.9. The summed E-state index contributed by atoms with van der Waals surface area (Å²) in [6, 6.07) is 17.5. The molecule has 3 heteroatoms. The van der Waals surface area contributed by atoms with E-state index in [1.165, 1.54) is 0 Å². The third-order valence-electron chi connectivity index (χ3n) is 3.70. The molecule has 3 aromatic rings. The predicted molar refractivity (Wildman–Crippen MR) is 89.2 cm³/mol. The van der Waals surface area contributed by atoms with Gasteiger partial charge in [-0.1, -0.05) is 48.5 Å². The van der Waals surface area contributed by atoms with Crippen LogP contribution in [0.1, 0.15) is 16.8 Å². The molecule has 0 unspecified atom stereocenters. The molecule has 0 saturated carbocycles. The van der Waals surface area contributed by atoms with E-state index in [-0.39, 0.29) is 5.78 Å². The summed E-state index contributed by atoms with van der Waals surface area (Å²) in [5, 5.41) is 0.894. The van der Waals surface area contributed by atoms with Gasteiger partial charge in [-0.3, -0.25) is 4.79 Å². The van der Waals surface area contributed by atoms with E-state index in [4.69, 9.17) is 4.42 Å². The van der Waals surface area contributed by atoms with Crippen LogP contribution in [0.5, 0.6) is 0 Å². The first-order valence-electron chi connectivity index (χ1n) is 7.41. The number of Topliss-reactive ketones (excluding diaryl/α,β-unsaturated/α-hetero) is 1. The zero-order valence-corrected chi connectivity index (χ0v) is 12.9. The first-order chi connectivity index (χ1) is 10.7. The number of benzene rings is 2. The van der Waals surface area contributed by atoms with Gasteiger partial charge in [0.2, 0.25) is 0 Å². The number of fused-ring (bicyclic) bond motifs is 1. The van der Waals surface area contributed by atoms with Gasteiger partial charge in [0.25, 0.3) is 0 Å². The molecule has 22 heavy (non-hydrogen) atoms. The summed E-state index contributed by atoms with van der Waals surface area (Å²) in [5.74, 6) is 0.794. The van der Waals surface area contributed by atoms with Crippen molar-refractivity contribution in [2.24, 2.45) is 0 Å². The van der Waals surface area contributed by atoms with Crippen LogP contribution in [0.2, 0.25) is 0 Å². The van der Waals surface area contributed by atoms with E-state index in [9.17, 15) is 4.79 Å². The highest BCUT2D eigenvalue weighted by molar-refractivity contribution is 6.12. The maximum atomic E-state index is 12.7. The van der Waals surface area contributed by atoms with Crippen molar-refractivity contribution in [2.45, 2.75) is 6.42 Å². The van der Waals surface area contributed by atoms with Gasteiger partial charge in [-0.15, -0.1) is 0 Å². The number of nitrogens with zero attached hydrogens (tertiary/aromatic N) is 1. The molecule has 3 rings (SSSR count). The van der Waals surface area contributed by atoms with Crippen LogP contribution in [0.15, 0.2) is 59.0 Å². The molecule has 3 nitrogen and oxygen atoms in total.